The number of hydrogen-bond acceptors (Lipinski definition) is 6. The van der Waals surface area contributed by atoms with Crippen LogP contribution in [0.3, 0.4) is 0 Å². The molecule has 0 aromatic heterocycles. The first kappa shape index (κ1) is 43.2. The van der Waals surface area contributed by atoms with Crippen LogP contribution in [0.1, 0.15) is 161 Å². The van der Waals surface area contributed by atoms with Crippen molar-refractivity contribution in [2.75, 3.05) is 26.8 Å². The number of rotatable bonds is 9. The van der Waals surface area contributed by atoms with Gasteiger partial charge in [0.05, 0.1) is 39.4 Å². The zero-order chi connectivity index (χ0) is 42.2. The molecule has 6 aliphatic carbocycles. The minimum absolute atomic E-state index is 0.00523. The monoisotopic (exact) mass is 860 g/mol. The van der Waals surface area contributed by atoms with Gasteiger partial charge in [-0.15, -0.1) is 0 Å². The number of hydrogen-bond donors (Lipinski definition) is 1. The topological polar surface area (TPSA) is 99.6 Å². The summed E-state index contributed by atoms with van der Waals surface area (Å²) < 4.78 is 13.5. The molecular formula is C51H81N3O6Si. The van der Waals surface area contributed by atoms with Crippen molar-refractivity contribution in [2.24, 2.45) is 41.4 Å². The molecule has 9 nitrogen and oxygen atoms in total. The molecule has 1 N–H and O–H groups in total. The van der Waals surface area contributed by atoms with Gasteiger partial charge in [0.15, 0.2) is 5.60 Å². The van der Waals surface area contributed by atoms with E-state index in [-0.39, 0.29) is 47.9 Å². The Kier molecular flexibility index (Phi) is 12.2. The fraction of sp³-hybridized carbons (Fsp3) is 0.902. The lowest BCUT2D eigenvalue weighted by Crippen LogP contribution is -2.53. The van der Waals surface area contributed by atoms with E-state index in [0.717, 1.165) is 109 Å². The Labute approximate surface area is 368 Å². The Morgan fingerprint density at radius 1 is 0.836 bits per heavy atom. The van der Waals surface area contributed by atoms with Crippen molar-refractivity contribution in [3.63, 3.8) is 0 Å². The molecule has 4 heterocycles. The van der Waals surface area contributed by atoms with Crippen molar-refractivity contribution < 1.29 is 29.0 Å². The van der Waals surface area contributed by atoms with Crippen LogP contribution < -0.4 is 0 Å². The highest BCUT2D eigenvalue weighted by Gasteiger charge is 2.68. The first-order valence-corrected chi connectivity index (χ1v) is 29.2. The standard InChI is InChI=1S/C51H81N3O6Si/c1-32-48(61(3,4)40-24-22-39(59-2)23-25-40)45(28-46(56)52-30-36-14-6-5-13-35(36)27-38(52)31-55)60-51(32)42-19-7-8-20-43(42)53(50(51)58)29-33-12-9-17-37(26-33)54-44-21-11-16-34-15-10-18-41(47(34)44)49(54)57/h32-41,44-45,47-48,55H,5-31H2,1-4H3/t32-,33?,34?,35?,36?,37?,38-,39?,40?,41?,44?,45+,47?,48-,51+/m0/s1. The molecule has 0 aromatic rings. The summed E-state index contributed by atoms with van der Waals surface area (Å²) >= 11 is 0. The van der Waals surface area contributed by atoms with Crippen molar-refractivity contribution in [3.05, 3.63) is 11.3 Å². The Bertz CT molecular complexity index is 1690. The molecule has 10 aliphatic rings. The first-order valence-electron chi connectivity index (χ1n) is 26.0. The number of allylic oxidation sites excluding steroid dienone is 1. The second-order valence-corrected chi connectivity index (χ2v) is 28.3. The van der Waals surface area contributed by atoms with Crippen LogP contribution >= 0.6 is 0 Å². The summed E-state index contributed by atoms with van der Waals surface area (Å²) in [5.41, 5.74) is 2.25. The van der Waals surface area contributed by atoms with E-state index in [1.54, 1.807) is 0 Å². The van der Waals surface area contributed by atoms with E-state index in [4.69, 9.17) is 9.47 Å². The quantitative estimate of drug-likeness (QED) is 0.232. The molecule has 0 bridgehead atoms. The summed E-state index contributed by atoms with van der Waals surface area (Å²) in [7, 11) is -0.286. The molecule has 1 spiro atoms. The molecule has 8 unspecified atom stereocenters. The summed E-state index contributed by atoms with van der Waals surface area (Å²) in [5, 5.41) is 10.7. The molecule has 4 aliphatic heterocycles. The third-order valence-corrected chi connectivity index (χ3v) is 25.4. The van der Waals surface area contributed by atoms with Gasteiger partial charge in [0.1, 0.15) is 0 Å². The largest absolute Gasteiger partial charge is 0.394 e. The average Bonchev–Trinajstić information content (AvgIpc) is 3.84. The average molecular weight is 860 g/mol. The van der Waals surface area contributed by atoms with Gasteiger partial charge in [-0.3, -0.25) is 14.4 Å². The molecule has 13 atom stereocenters. The van der Waals surface area contributed by atoms with Crippen molar-refractivity contribution in [2.45, 2.75) is 221 Å². The number of methoxy groups -OCH3 is 1. The molecule has 10 heteroatoms. The number of ether oxygens (including phenoxy) is 2. The molecule has 340 valence electrons. The number of piperidine rings is 1. The van der Waals surface area contributed by atoms with Crippen LogP contribution in [0.15, 0.2) is 11.3 Å². The summed E-state index contributed by atoms with van der Waals surface area (Å²) in [6, 6.07) is 0.616. The first-order chi connectivity index (χ1) is 29.5. The highest BCUT2D eigenvalue weighted by atomic mass is 28.3. The Morgan fingerprint density at radius 2 is 1.56 bits per heavy atom. The van der Waals surface area contributed by atoms with Crippen LogP contribution in [0, 0.1) is 41.4 Å². The van der Waals surface area contributed by atoms with Gasteiger partial charge >= 0.3 is 0 Å². The second kappa shape index (κ2) is 17.2. The SMILES string of the molecule is COC1CCC([Si](C)(C)[C@@H]2[C@@H](CC(=O)N3CC4CCCCC4C[C@H]3CO)O[C@]3(C(=O)N(CC4CCCC(N5C(=O)C6CCCC7CCCC5C76)C4)C4=C3CCCC4)[C@H]2C)CC1. The van der Waals surface area contributed by atoms with Gasteiger partial charge < -0.3 is 29.3 Å². The van der Waals surface area contributed by atoms with Crippen LogP contribution in [0.2, 0.25) is 24.2 Å². The van der Waals surface area contributed by atoms with E-state index in [1.807, 2.05) is 7.11 Å². The van der Waals surface area contributed by atoms with Gasteiger partial charge in [-0.25, -0.2) is 0 Å². The van der Waals surface area contributed by atoms with Gasteiger partial charge in [0.25, 0.3) is 5.91 Å². The maximum Gasteiger partial charge on any atom is 0.263 e. The maximum atomic E-state index is 15.8. The third kappa shape index (κ3) is 7.27. The number of carbonyl (C=O) groups excluding carboxylic acids is 3. The van der Waals surface area contributed by atoms with Gasteiger partial charge in [-0.05, 0) is 130 Å². The zero-order valence-electron chi connectivity index (χ0n) is 38.5. The van der Waals surface area contributed by atoms with Gasteiger partial charge in [0.2, 0.25) is 11.8 Å². The fourth-order valence-corrected chi connectivity index (χ4v) is 22.3. The van der Waals surface area contributed by atoms with Crippen molar-refractivity contribution in [3.8, 4) is 0 Å². The number of carbonyl (C=O) groups is 3. The third-order valence-electron chi connectivity index (χ3n) is 20.2. The Morgan fingerprint density at radius 3 is 2.33 bits per heavy atom. The molecule has 3 amide bonds. The van der Waals surface area contributed by atoms with Gasteiger partial charge in [0, 0.05) is 49.8 Å². The van der Waals surface area contributed by atoms with E-state index in [0.29, 0.717) is 59.7 Å². The van der Waals surface area contributed by atoms with Crippen molar-refractivity contribution in [1.82, 2.24) is 14.7 Å². The zero-order valence-corrected chi connectivity index (χ0v) is 39.5. The van der Waals surface area contributed by atoms with E-state index in [2.05, 4.69) is 34.7 Å². The van der Waals surface area contributed by atoms with E-state index < -0.39 is 13.7 Å². The molecule has 10 rings (SSSR count). The Balaban J connectivity index is 0.926. The molecule has 5 saturated carbocycles. The number of aliphatic hydroxyl groups is 1. The van der Waals surface area contributed by atoms with Crippen LogP contribution in [0.5, 0.6) is 0 Å². The molecular weight excluding hydrogens is 779 g/mol. The lowest BCUT2D eigenvalue weighted by Gasteiger charge is -2.47. The van der Waals surface area contributed by atoms with Crippen LogP contribution in [-0.4, -0.2) is 108 Å². The minimum atomic E-state index is -2.14. The van der Waals surface area contributed by atoms with Crippen LogP contribution in [0.25, 0.3) is 0 Å². The number of likely N-dealkylation sites (tertiary alicyclic amines) is 2. The van der Waals surface area contributed by atoms with E-state index in [9.17, 15) is 14.7 Å². The Hall–Kier alpha value is -1.75. The fourth-order valence-electron chi connectivity index (χ4n) is 17.3. The normalized spacial score (nSPS) is 44.1. The lowest BCUT2D eigenvalue weighted by atomic mass is 9.65. The molecule has 3 saturated heterocycles. The van der Waals surface area contributed by atoms with E-state index in [1.165, 1.54) is 69.1 Å². The number of aliphatic hydroxyl groups excluding tert-OH is 1. The predicted molar refractivity (Wildman–Crippen MR) is 240 cm³/mol. The van der Waals surface area contributed by atoms with E-state index >= 15 is 4.79 Å². The minimum Gasteiger partial charge on any atom is -0.394 e. The molecule has 0 radical (unpaired) electrons. The van der Waals surface area contributed by atoms with Crippen LogP contribution in [0.4, 0.5) is 0 Å². The summed E-state index contributed by atoms with van der Waals surface area (Å²) in [4.78, 5) is 51.6. The molecule has 8 fully saturated rings. The summed E-state index contributed by atoms with van der Waals surface area (Å²) in [6.07, 6.45) is 26.3. The predicted octanol–water partition coefficient (Wildman–Crippen LogP) is 9.24. The van der Waals surface area contributed by atoms with Gasteiger partial charge in [-0.2, -0.15) is 0 Å². The number of fused-ring (bicyclic) bond motifs is 2. The molecule has 61 heavy (non-hydrogen) atoms. The van der Waals surface area contributed by atoms with Crippen molar-refractivity contribution in [1.29, 1.82) is 0 Å². The summed E-state index contributed by atoms with van der Waals surface area (Å²) in [6.45, 7) is 8.99. The van der Waals surface area contributed by atoms with Crippen LogP contribution in [-0.2, 0) is 23.9 Å². The van der Waals surface area contributed by atoms with Gasteiger partial charge in [-0.1, -0.05) is 84.2 Å². The highest BCUT2D eigenvalue weighted by Crippen LogP contribution is 2.62. The lowest BCUT2D eigenvalue weighted by molar-refractivity contribution is -0.154. The highest BCUT2D eigenvalue weighted by molar-refractivity contribution is 6.80. The maximum absolute atomic E-state index is 15.8. The number of nitrogens with zero attached hydrogens (tertiary/aromatic N) is 3. The smallest absolute Gasteiger partial charge is 0.263 e. The summed E-state index contributed by atoms with van der Waals surface area (Å²) in [5.74, 6) is 3.84. The molecule has 0 aromatic carbocycles. The van der Waals surface area contributed by atoms with Crippen molar-refractivity contribution >= 4 is 25.8 Å². The number of amides is 3. The second-order valence-electron chi connectivity index (χ2n) is 23.2.